The van der Waals surface area contributed by atoms with Crippen molar-refractivity contribution in [1.82, 2.24) is 15.3 Å². The number of fused-ring (bicyclic) bond motifs is 1. The van der Waals surface area contributed by atoms with Gasteiger partial charge in [0, 0.05) is 6.04 Å². The van der Waals surface area contributed by atoms with Crippen LogP contribution >= 0.6 is 0 Å². The van der Waals surface area contributed by atoms with Crippen LogP contribution in [0.3, 0.4) is 0 Å². The highest BCUT2D eigenvalue weighted by Crippen LogP contribution is 2.25. The third-order valence-corrected chi connectivity index (χ3v) is 4.32. The van der Waals surface area contributed by atoms with Crippen molar-refractivity contribution in [2.45, 2.75) is 51.6 Å². The molecule has 0 radical (unpaired) electrons. The first-order valence-corrected chi connectivity index (χ1v) is 7.43. The highest BCUT2D eigenvalue weighted by Gasteiger charge is 2.21. The molecule has 2 aromatic rings. The molecule has 3 nitrogen and oxygen atoms in total. The number of nitrogens with one attached hydrogen (secondary N) is 2. The summed E-state index contributed by atoms with van der Waals surface area (Å²) in [6.45, 7) is 4.56. The minimum atomic E-state index is 0.297. The molecule has 0 saturated heterocycles. The van der Waals surface area contributed by atoms with Crippen LogP contribution in [0.15, 0.2) is 24.3 Å². The maximum absolute atomic E-state index is 4.68. The van der Waals surface area contributed by atoms with E-state index >= 15 is 0 Å². The zero-order chi connectivity index (χ0) is 13.2. The summed E-state index contributed by atoms with van der Waals surface area (Å²) < 4.78 is 0. The molecule has 0 aliphatic heterocycles. The van der Waals surface area contributed by atoms with Gasteiger partial charge in [-0.1, -0.05) is 19.1 Å². The zero-order valence-electron chi connectivity index (χ0n) is 11.8. The van der Waals surface area contributed by atoms with E-state index in [-0.39, 0.29) is 0 Å². The van der Waals surface area contributed by atoms with E-state index in [1.54, 1.807) is 0 Å². The first-order chi connectivity index (χ1) is 9.22. The Balaban J connectivity index is 1.68. The first kappa shape index (κ1) is 12.7. The van der Waals surface area contributed by atoms with Gasteiger partial charge in [0.15, 0.2) is 0 Å². The summed E-state index contributed by atoms with van der Waals surface area (Å²) in [4.78, 5) is 8.10. The topological polar surface area (TPSA) is 40.7 Å². The summed E-state index contributed by atoms with van der Waals surface area (Å²) in [5, 5.41) is 3.72. The van der Waals surface area contributed by atoms with Crippen LogP contribution in [0.25, 0.3) is 11.0 Å². The van der Waals surface area contributed by atoms with Crippen molar-refractivity contribution >= 4 is 11.0 Å². The Labute approximate surface area is 114 Å². The summed E-state index contributed by atoms with van der Waals surface area (Å²) in [6, 6.07) is 9.18. The van der Waals surface area contributed by atoms with E-state index < -0.39 is 0 Å². The average molecular weight is 257 g/mol. The zero-order valence-corrected chi connectivity index (χ0v) is 11.8. The van der Waals surface area contributed by atoms with Crippen molar-refractivity contribution in [3.05, 3.63) is 30.1 Å². The Bertz CT molecular complexity index is 505. The molecule has 1 heterocycles. The summed E-state index contributed by atoms with van der Waals surface area (Å²) in [7, 11) is 0. The molecular weight excluding hydrogens is 234 g/mol. The number of hydrogen-bond donors (Lipinski definition) is 2. The van der Waals surface area contributed by atoms with Crippen LogP contribution in [-0.4, -0.2) is 16.0 Å². The number of rotatable bonds is 3. The fourth-order valence-corrected chi connectivity index (χ4v) is 3.04. The number of imidazole rings is 1. The van der Waals surface area contributed by atoms with E-state index in [0.717, 1.165) is 22.8 Å². The van der Waals surface area contributed by atoms with Gasteiger partial charge in [-0.3, -0.25) is 0 Å². The molecule has 1 unspecified atom stereocenters. The summed E-state index contributed by atoms with van der Waals surface area (Å²) >= 11 is 0. The normalized spacial score (nSPS) is 25.6. The summed E-state index contributed by atoms with van der Waals surface area (Å²) in [5.41, 5.74) is 2.19. The van der Waals surface area contributed by atoms with Crippen LogP contribution in [0, 0.1) is 5.92 Å². The van der Waals surface area contributed by atoms with Gasteiger partial charge in [-0.2, -0.15) is 0 Å². The van der Waals surface area contributed by atoms with Crippen molar-refractivity contribution < 1.29 is 0 Å². The van der Waals surface area contributed by atoms with E-state index in [9.17, 15) is 0 Å². The maximum Gasteiger partial charge on any atom is 0.124 e. The number of H-pyrrole nitrogens is 1. The lowest BCUT2D eigenvalue weighted by Gasteiger charge is -2.29. The van der Waals surface area contributed by atoms with Gasteiger partial charge in [-0.15, -0.1) is 0 Å². The molecule has 19 heavy (non-hydrogen) atoms. The molecule has 1 aromatic heterocycles. The van der Waals surface area contributed by atoms with Gasteiger partial charge in [-0.25, -0.2) is 4.98 Å². The Hall–Kier alpha value is -1.35. The maximum atomic E-state index is 4.68. The standard InChI is InChI=1S/C16H23N3/c1-11-7-9-13(10-8-11)17-12(2)16-18-14-5-3-4-6-15(14)19-16/h3-6,11-13,17H,7-10H2,1-2H3,(H,18,19). The second kappa shape index (κ2) is 5.33. The molecule has 0 bridgehead atoms. The molecule has 1 aromatic carbocycles. The van der Waals surface area contributed by atoms with Crippen molar-refractivity contribution in [3.8, 4) is 0 Å². The van der Waals surface area contributed by atoms with Gasteiger partial charge in [0.25, 0.3) is 0 Å². The number of nitrogens with zero attached hydrogens (tertiary/aromatic N) is 1. The molecular formula is C16H23N3. The third kappa shape index (κ3) is 2.81. The third-order valence-electron chi connectivity index (χ3n) is 4.32. The van der Waals surface area contributed by atoms with Crippen molar-refractivity contribution in [2.24, 2.45) is 5.92 Å². The minimum absolute atomic E-state index is 0.297. The second-order valence-corrected chi connectivity index (χ2v) is 5.98. The number of hydrogen-bond acceptors (Lipinski definition) is 2. The number of benzene rings is 1. The predicted molar refractivity (Wildman–Crippen MR) is 79.1 cm³/mol. The van der Waals surface area contributed by atoms with Gasteiger partial charge >= 0.3 is 0 Å². The Morgan fingerprint density at radius 2 is 1.95 bits per heavy atom. The van der Waals surface area contributed by atoms with Gasteiger partial charge in [0.05, 0.1) is 17.1 Å². The fraction of sp³-hybridized carbons (Fsp3) is 0.562. The lowest BCUT2D eigenvalue weighted by Crippen LogP contribution is -2.35. The van der Waals surface area contributed by atoms with Crippen molar-refractivity contribution in [2.75, 3.05) is 0 Å². The van der Waals surface area contributed by atoms with Crippen LogP contribution in [0.2, 0.25) is 0 Å². The molecule has 0 spiro atoms. The van der Waals surface area contributed by atoms with Crippen LogP contribution in [0.4, 0.5) is 0 Å². The smallest absolute Gasteiger partial charge is 0.124 e. The quantitative estimate of drug-likeness (QED) is 0.878. The molecule has 2 N–H and O–H groups in total. The Kier molecular flexibility index (Phi) is 3.56. The predicted octanol–water partition coefficient (Wildman–Crippen LogP) is 3.79. The van der Waals surface area contributed by atoms with Crippen LogP contribution < -0.4 is 5.32 Å². The van der Waals surface area contributed by atoms with Gasteiger partial charge in [-0.05, 0) is 50.7 Å². The van der Waals surface area contributed by atoms with Crippen molar-refractivity contribution in [1.29, 1.82) is 0 Å². The highest BCUT2D eigenvalue weighted by molar-refractivity contribution is 5.74. The van der Waals surface area contributed by atoms with E-state index in [2.05, 4.69) is 41.3 Å². The lowest BCUT2D eigenvalue weighted by molar-refractivity contribution is 0.289. The van der Waals surface area contributed by atoms with Gasteiger partial charge in [0.2, 0.25) is 0 Å². The minimum Gasteiger partial charge on any atom is -0.341 e. The van der Waals surface area contributed by atoms with Gasteiger partial charge in [0.1, 0.15) is 5.82 Å². The average Bonchev–Trinajstić information content (AvgIpc) is 2.85. The molecule has 0 amide bonds. The SMILES string of the molecule is CC1CCC(NC(C)c2nc3ccccc3[nH]2)CC1. The summed E-state index contributed by atoms with van der Waals surface area (Å²) in [5.74, 6) is 1.96. The van der Waals surface area contributed by atoms with E-state index in [0.29, 0.717) is 12.1 Å². The molecule has 1 fully saturated rings. The van der Waals surface area contributed by atoms with E-state index in [1.807, 2.05) is 12.1 Å². The van der Waals surface area contributed by atoms with Crippen LogP contribution in [-0.2, 0) is 0 Å². The molecule has 1 saturated carbocycles. The van der Waals surface area contributed by atoms with Crippen LogP contribution in [0.5, 0.6) is 0 Å². The molecule has 3 rings (SSSR count). The van der Waals surface area contributed by atoms with Gasteiger partial charge < -0.3 is 10.3 Å². The molecule has 102 valence electrons. The second-order valence-electron chi connectivity index (χ2n) is 5.98. The Morgan fingerprint density at radius 3 is 2.68 bits per heavy atom. The van der Waals surface area contributed by atoms with Crippen molar-refractivity contribution in [3.63, 3.8) is 0 Å². The molecule has 1 aliphatic carbocycles. The molecule has 3 heteroatoms. The largest absolute Gasteiger partial charge is 0.341 e. The monoisotopic (exact) mass is 257 g/mol. The number of aromatic amines is 1. The van der Waals surface area contributed by atoms with Crippen LogP contribution in [0.1, 0.15) is 51.4 Å². The van der Waals surface area contributed by atoms with E-state index in [1.165, 1.54) is 25.7 Å². The first-order valence-electron chi connectivity index (χ1n) is 7.43. The fourth-order valence-electron chi connectivity index (χ4n) is 3.04. The summed E-state index contributed by atoms with van der Waals surface area (Å²) in [6.07, 6.45) is 5.30. The number of aromatic nitrogens is 2. The Morgan fingerprint density at radius 1 is 1.21 bits per heavy atom. The number of para-hydroxylation sites is 2. The van der Waals surface area contributed by atoms with E-state index in [4.69, 9.17) is 0 Å². The highest BCUT2D eigenvalue weighted by atomic mass is 15.0. The molecule has 1 aliphatic rings. The molecule has 1 atom stereocenters. The lowest BCUT2D eigenvalue weighted by atomic mass is 9.87.